The molecule has 0 atom stereocenters. The fraction of sp³-hybridized carbons (Fsp3) is 0.286. The number of benzene rings is 1. The highest BCUT2D eigenvalue weighted by molar-refractivity contribution is 8.18. The topological polar surface area (TPSA) is 70.2 Å². The van der Waals surface area contributed by atoms with Crippen molar-refractivity contribution in [2.45, 2.75) is 0 Å². The van der Waals surface area contributed by atoms with E-state index in [1.165, 1.54) is 11.3 Å². The zero-order valence-electron chi connectivity index (χ0n) is 16.4. The SMILES string of the molecule is COc1ccc(N2CCN(C(=O)CN3C(=O)S/C(=C/c4cccs4)C3=O)CC2)cc1. The lowest BCUT2D eigenvalue weighted by Gasteiger charge is -2.36. The van der Waals surface area contributed by atoms with Crippen LogP contribution in [0.3, 0.4) is 0 Å². The van der Waals surface area contributed by atoms with Gasteiger partial charge in [0.2, 0.25) is 5.91 Å². The summed E-state index contributed by atoms with van der Waals surface area (Å²) in [6.07, 6.45) is 1.70. The van der Waals surface area contributed by atoms with Crippen LogP contribution in [0.4, 0.5) is 10.5 Å². The molecule has 0 radical (unpaired) electrons. The number of thioether (sulfide) groups is 1. The number of ether oxygens (including phenoxy) is 1. The van der Waals surface area contributed by atoms with Gasteiger partial charge in [0.25, 0.3) is 11.1 Å². The Hall–Kier alpha value is -2.78. The Morgan fingerprint density at radius 3 is 2.47 bits per heavy atom. The molecule has 1 aromatic carbocycles. The van der Waals surface area contributed by atoms with Crippen molar-refractivity contribution in [2.75, 3.05) is 44.7 Å². The molecule has 7 nitrogen and oxygen atoms in total. The molecule has 0 N–H and O–H groups in total. The molecular weight excluding hydrogens is 422 g/mol. The maximum absolute atomic E-state index is 12.7. The first-order valence-electron chi connectivity index (χ1n) is 9.51. The number of carbonyl (C=O) groups excluding carboxylic acids is 3. The molecule has 30 heavy (non-hydrogen) atoms. The van der Waals surface area contributed by atoms with Crippen molar-refractivity contribution in [3.05, 3.63) is 51.6 Å². The predicted octanol–water partition coefficient (Wildman–Crippen LogP) is 3.14. The molecule has 156 valence electrons. The zero-order valence-corrected chi connectivity index (χ0v) is 18.1. The summed E-state index contributed by atoms with van der Waals surface area (Å²) < 4.78 is 5.19. The molecule has 3 heterocycles. The summed E-state index contributed by atoms with van der Waals surface area (Å²) in [6, 6.07) is 11.6. The molecule has 2 aliphatic rings. The summed E-state index contributed by atoms with van der Waals surface area (Å²) >= 11 is 2.38. The summed E-state index contributed by atoms with van der Waals surface area (Å²) in [7, 11) is 1.63. The highest BCUT2D eigenvalue weighted by atomic mass is 32.2. The van der Waals surface area contributed by atoms with Crippen molar-refractivity contribution >= 4 is 51.9 Å². The minimum Gasteiger partial charge on any atom is -0.497 e. The van der Waals surface area contributed by atoms with Crippen molar-refractivity contribution in [3.63, 3.8) is 0 Å². The molecule has 3 amide bonds. The van der Waals surface area contributed by atoms with Gasteiger partial charge in [0.1, 0.15) is 12.3 Å². The number of hydrogen-bond donors (Lipinski definition) is 0. The van der Waals surface area contributed by atoms with E-state index < -0.39 is 11.1 Å². The van der Waals surface area contributed by atoms with Gasteiger partial charge in [0.05, 0.1) is 12.0 Å². The van der Waals surface area contributed by atoms with Gasteiger partial charge in [-0.05, 0) is 53.5 Å². The highest BCUT2D eigenvalue weighted by Gasteiger charge is 2.37. The number of rotatable bonds is 5. The van der Waals surface area contributed by atoms with Crippen molar-refractivity contribution in [1.82, 2.24) is 9.80 Å². The number of thiophene rings is 1. The van der Waals surface area contributed by atoms with Crippen LogP contribution >= 0.6 is 23.1 Å². The van der Waals surface area contributed by atoms with Crippen molar-refractivity contribution in [2.24, 2.45) is 0 Å². The van der Waals surface area contributed by atoms with Gasteiger partial charge in [-0.3, -0.25) is 19.3 Å². The second-order valence-electron chi connectivity index (χ2n) is 6.85. The van der Waals surface area contributed by atoms with E-state index in [4.69, 9.17) is 4.74 Å². The fourth-order valence-corrected chi connectivity index (χ4v) is 4.94. The lowest BCUT2D eigenvalue weighted by molar-refractivity contribution is -0.136. The van der Waals surface area contributed by atoms with E-state index in [1.54, 1.807) is 18.1 Å². The van der Waals surface area contributed by atoms with Crippen LogP contribution in [0.1, 0.15) is 4.88 Å². The van der Waals surface area contributed by atoms with Crippen LogP contribution < -0.4 is 9.64 Å². The molecule has 4 rings (SSSR count). The second-order valence-corrected chi connectivity index (χ2v) is 8.82. The molecule has 2 aromatic rings. The van der Waals surface area contributed by atoms with Gasteiger partial charge in [0.15, 0.2) is 0 Å². The van der Waals surface area contributed by atoms with Crippen molar-refractivity contribution in [3.8, 4) is 5.75 Å². The Balaban J connectivity index is 1.33. The summed E-state index contributed by atoms with van der Waals surface area (Å²) in [5.41, 5.74) is 1.08. The van der Waals surface area contributed by atoms with Gasteiger partial charge in [0, 0.05) is 36.7 Å². The van der Waals surface area contributed by atoms with Crippen LogP contribution in [0.15, 0.2) is 46.7 Å². The molecule has 0 unspecified atom stereocenters. The standard InChI is InChI=1S/C21H21N3O4S2/c1-28-16-6-4-15(5-7-16)22-8-10-23(11-9-22)19(25)14-24-20(26)18(30-21(24)27)13-17-3-2-12-29-17/h2-7,12-13H,8-11,14H2,1H3/b18-13+. The summed E-state index contributed by atoms with van der Waals surface area (Å²) in [5.74, 6) is 0.200. The summed E-state index contributed by atoms with van der Waals surface area (Å²) in [4.78, 5) is 43.8. The van der Waals surface area contributed by atoms with E-state index in [-0.39, 0.29) is 12.5 Å². The largest absolute Gasteiger partial charge is 0.497 e. The second kappa shape index (κ2) is 8.93. The first kappa shape index (κ1) is 20.5. The van der Waals surface area contributed by atoms with Crippen LogP contribution in [0.5, 0.6) is 5.75 Å². The Morgan fingerprint density at radius 1 is 1.10 bits per heavy atom. The number of nitrogens with zero attached hydrogens (tertiary/aromatic N) is 3. The lowest BCUT2D eigenvalue weighted by atomic mass is 10.2. The molecule has 2 fully saturated rings. The van der Waals surface area contributed by atoms with Crippen LogP contribution in [-0.4, -0.2) is 66.7 Å². The van der Waals surface area contributed by atoms with Gasteiger partial charge in [-0.25, -0.2) is 0 Å². The van der Waals surface area contributed by atoms with Crippen LogP contribution in [-0.2, 0) is 9.59 Å². The maximum Gasteiger partial charge on any atom is 0.294 e. The van der Waals surface area contributed by atoms with Gasteiger partial charge in [-0.15, -0.1) is 11.3 Å². The molecule has 0 spiro atoms. The minimum atomic E-state index is -0.399. The number of imide groups is 1. The normalized spacial score (nSPS) is 18.4. The molecule has 0 aliphatic carbocycles. The Bertz CT molecular complexity index is 965. The molecular formula is C21H21N3O4S2. The van der Waals surface area contributed by atoms with E-state index in [0.29, 0.717) is 31.1 Å². The number of piperazine rings is 1. The maximum atomic E-state index is 12.7. The number of methoxy groups -OCH3 is 1. The zero-order chi connectivity index (χ0) is 21.1. The molecule has 0 bridgehead atoms. The number of amides is 3. The van der Waals surface area contributed by atoms with Crippen molar-refractivity contribution in [1.29, 1.82) is 0 Å². The summed E-state index contributed by atoms with van der Waals surface area (Å²) in [5, 5.41) is 1.51. The molecule has 2 aliphatic heterocycles. The third-order valence-electron chi connectivity index (χ3n) is 5.05. The minimum absolute atomic E-state index is 0.205. The molecule has 9 heteroatoms. The van der Waals surface area contributed by atoms with Crippen LogP contribution in [0.2, 0.25) is 0 Å². The fourth-order valence-electron chi connectivity index (χ4n) is 3.38. The van der Waals surface area contributed by atoms with Gasteiger partial charge in [-0.1, -0.05) is 6.07 Å². The Morgan fingerprint density at radius 2 is 1.83 bits per heavy atom. The lowest BCUT2D eigenvalue weighted by Crippen LogP contribution is -2.51. The molecule has 2 saturated heterocycles. The van der Waals surface area contributed by atoms with Gasteiger partial charge < -0.3 is 14.5 Å². The first-order valence-corrected chi connectivity index (χ1v) is 11.2. The van der Waals surface area contributed by atoms with E-state index in [1.807, 2.05) is 41.8 Å². The Labute approximate surface area is 182 Å². The quantitative estimate of drug-likeness (QED) is 0.662. The van der Waals surface area contributed by atoms with E-state index in [2.05, 4.69) is 4.90 Å². The molecule has 0 saturated carbocycles. The van der Waals surface area contributed by atoms with E-state index >= 15 is 0 Å². The highest BCUT2D eigenvalue weighted by Crippen LogP contribution is 2.33. The van der Waals surface area contributed by atoms with Crippen LogP contribution in [0, 0.1) is 0 Å². The third kappa shape index (κ3) is 4.36. The monoisotopic (exact) mass is 443 g/mol. The van der Waals surface area contributed by atoms with Crippen LogP contribution in [0.25, 0.3) is 6.08 Å². The number of anilines is 1. The number of hydrogen-bond acceptors (Lipinski definition) is 7. The Kier molecular flexibility index (Phi) is 6.10. The predicted molar refractivity (Wildman–Crippen MR) is 119 cm³/mol. The van der Waals surface area contributed by atoms with E-state index in [9.17, 15) is 14.4 Å². The number of carbonyl (C=O) groups is 3. The van der Waals surface area contributed by atoms with Gasteiger partial charge >= 0.3 is 0 Å². The molecule has 1 aromatic heterocycles. The summed E-state index contributed by atoms with van der Waals surface area (Å²) in [6.45, 7) is 2.27. The first-order chi connectivity index (χ1) is 14.5. The van der Waals surface area contributed by atoms with Gasteiger partial charge in [-0.2, -0.15) is 0 Å². The third-order valence-corrected chi connectivity index (χ3v) is 6.78. The smallest absolute Gasteiger partial charge is 0.294 e. The average molecular weight is 444 g/mol. The van der Waals surface area contributed by atoms with E-state index in [0.717, 1.165) is 33.0 Å². The average Bonchev–Trinajstić information content (AvgIpc) is 3.38. The van der Waals surface area contributed by atoms with Crippen molar-refractivity contribution < 1.29 is 19.1 Å².